The molecule has 10 nitrogen and oxygen atoms in total. The van der Waals surface area contributed by atoms with Gasteiger partial charge in [0.25, 0.3) is 0 Å². The van der Waals surface area contributed by atoms with Crippen molar-refractivity contribution in [1.29, 1.82) is 0 Å². The van der Waals surface area contributed by atoms with E-state index in [1.807, 2.05) is 49.9 Å². The van der Waals surface area contributed by atoms with Gasteiger partial charge in [0, 0.05) is 0 Å². The van der Waals surface area contributed by atoms with E-state index in [1.165, 1.54) is 19.2 Å². The van der Waals surface area contributed by atoms with Crippen LogP contribution in [0.25, 0.3) is 0 Å². The van der Waals surface area contributed by atoms with Gasteiger partial charge in [-0.1, -0.05) is 0 Å². The highest BCUT2D eigenvalue weighted by Gasteiger charge is 2.31. The van der Waals surface area contributed by atoms with Crippen molar-refractivity contribution in [3.63, 3.8) is 0 Å². The molecular formula is C18H30N6O4. The van der Waals surface area contributed by atoms with Crippen LogP contribution in [0.2, 0.25) is 0 Å². The first-order valence-corrected chi connectivity index (χ1v) is 8.89. The Hall–Kier alpha value is -2.08. The van der Waals surface area contributed by atoms with Crippen LogP contribution in [0.3, 0.4) is 0 Å². The Morgan fingerprint density at radius 3 is 1.68 bits per heavy atom. The van der Waals surface area contributed by atoms with Crippen LogP contribution in [-0.2, 0) is 9.47 Å². The van der Waals surface area contributed by atoms with Crippen LogP contribution in [0.1, 0.15) is 20.7 Å². The molecule has 10 heteroatoms. The lowest BCUT2D eigenvalue weighted by Crippen LogP contribution is -2.76. The van der Waals surface area contributed by atoms with Crippen LogP contribution in [0.5, 0.6) is 0 Å². The van der Waals surface area contributed by atoms with Gasteiger partial charge >= 0.3 is 11.9 Å². The van der Waals surface area contributed by atoms with Crippen LogP contribution in [0.4, 0.5) is 0 Å². The summed E-state index contributed by atoms with van der Waals surface area (Å²) >= 11 is 0. The minimum Gasteiger partial charge on any atom is -0.465 e. The van der Waals surface area contributed by atoms with E-state index in [9.17, 15) is 9.59 Å². The van der Waals surface area contributed by atoms with Crippen molar-refractivity contribution >= 4 is 11.9 Å². The number of hydrogen-bond acceptors (Lipinski definition) is 10. The largest absolute Gasteiger partial charge is 0.465 e. The van der Waals surface area contributed by atoms with Crippen molar-refractivity contribution in [2.45, 2.75) is 18.9 Å². The average molecular weight is 394 g/mol. The monoisotopic (exact) mass is 394 g/mol. The second-order valence-electron chi connectivity index (χ2n) is 7.02. The van der Waals surface area contributed by atoms with E-state index in [-0.39, 0.29) is 25.6 Å². The van der Waals surface area contributed by atoms with Gasteiger partial charge < -0.3 is 9.47 Å². The maximum absolute atomic E-state index is 12.3. The molecule has 0 aliphatic carbocycles. The van der Waals surface area contributed by atoms with Crippen LogP contribution in [-0.4, -0.2) is 94.6 Å². The topological polar surface area (TPSA) is 98.4 Å². The lowest BCUT2D eigenvalue weighted by Gasteiger charge is -2.45. The van der Waals surface area contributed by atoms with Crippen molar-refractivity contribution in [3.8, 4) is 0 Å². The zero-order chi connectivity index (χ0) is 20.8. The summed E-state index contributed by atoms with van der Waals surface area (Å²) in [7, 11) is 11.0. The SMILES string of the molecule is COC(=O)c1ccc(C(=O)OCN(C)C2NC(N(C)C)NC(N(C)C)N2)cc1. The van der Waals surface area contributed by atoms with Gasteiger partial charge in [0.05, 0.1) is 18.2 Å². The number of ether oxygens (including phenoxy) is 2. The van der Waals surface area contributed by atoms with Gasteiger partial charge in [-0.3, -0.25) is 25.8 Å². The van der Waals surface area contributed by atoms with Crippen molar-refractivity contribution in [2.24, 2.45) is 0 Å². The van der Waals surface area contributed by atoms with E-state index < -0.39 is 11.9 Å². The van der Waals surface area contributed by atoms with Crippen molar-refractivity contribution in [3.05, 3.63) is 35.4 Å². The molecule has 2 unspecified atom stereocenters. The van der Waals surface area contributed by atoms with Crippen molar-refractivity contribution in [2.75, 3.05) is 49.1 Å². The molecule has 1 heterocycles. The number of rotatable bonds is 7. The van der Waals surface area contributed by atoms with E-state index in [1.54, 1.807) is 12.1 Å². The summed E-state index contributed by atoms with van der Waals surface area (Å²) in [6, 6.07) is 6.15. The zero-order valence-electron chi connectivity index (χ0n) is 17.2. The minimum absolute atomic E-state index is 0.0531. The van der Waals surface area contributed by atoms with Gasteiger partial charge in [0.2, 0.25) is 0 Å². The average Bonchev–Trinajstić information content (AvgIpc) is 2.70. The first-order chi connectivity index (χ1) is 13.2. The maximum Gasteiger partial charge on any atom is 0.339 e. The third-order valence-electron chi connectivity index (χ3n) is 4.36. The molecule has 1 aromatic carbocycles. The van der Waals surface area contributed by atoms with Crippen molar-refractivity contribution in [1.82, 2.24) is 30.7 Å². The molecule has 0 radical (unpaired) electrons. The van der Waals surface area contributed by atoms with Gasteiger partial charge in [-0.15, -0.1) is 0 Å². The van der Waals surface area contributed by atoms with Crippen LogP contribution in [0, 0.1) is 0 Å². The Labute approximate surface area is 165 Å². The van der Waals surface area contributed by atoms with E-state index in [4.69, 9.17) is 4.74 Å². The van der Waals surface area contributed by atoms with Crippen LogP contribution >= 0.6 is 0 Å². The Bertz CT molecular complexity index is 651. The number of nitrogens with zero attached hydrogens (tertiary/aromatic N) is 3. The molecule has 1 aliphatic heterocycles. The summed E-state index contributed by atoms with van der Waals surface area (Å²) in [6.45, 7) is 0.0859. The van der Waals surface area contributed by atoms with Gasteiger partial charge in [0.15, 0.2) is 0 Å². The molecule has 0 bridgehead atoms. The lowest BCUT2D eigenvalue weighted by molar-refractivity contribution is -0.0430. The molecule has 1 fully saturated rings. The molecule has 0 spiro atoms. The molecular weight excluding hydrogens is 364 g/mol. The molecule has 0 amide bonds. The third kappa shape index (κ3) is 5.71. The van der Waals surface area contributed by atoms with Gasteiger partial charge in [-0.05, 0) is 59.5 Å². The summed E-state index contributed by atoms with van der Waals surface area (Å²) in [4.78, 5) is 29.7. The Morgan fingerprint density at radius 1 is 0.821 bits per heavy atom. The van der Waals surface area contributed by atoms with Gasteiger partial charge in [-0.2, -0.15) is 0 Å². The fraction of sp³-hybridized carbons (Fsp3) is 0.556. The molecule has 2 atom stereocenters. The number of carbonyl (C=O) groups is 2. The zero-order valence-corrected chi connectivity index (χ0v) is 17.2. The lowest BCUT2D eigenvalue weighted by atomic mass is 10.1. The van der Waals surface area contributed by atoms with E-state index in [2.05, 4.69) is 20.7 Å². The molecule has 0 saturated carbocycles. The molecule has 3 N–H and O–H groups in total. The second kappa shape index (κ2) is 9.92. The molecule has 0 aromatic heterocycles. The highest BCUT2D eigenvalue weighted by Crippen LogP contribution is 2.08. The third-order valence-corrected chi connectivity index (χ3v) is 4.36. The highest BCUT2D eigenvalue weighted by atomic mass is 16.5. The van der Waals surface area contributed by atoms with Gasteiger partial charge in [0.1, 0.15) is 25.6 Å². The molecule has 28 heavy (non-hydrogen) atoms. The quantitative estimate of drug-likeness (QED) is 0.406. The second-order valence-corrected chi connectivity index (χ2v) is 7.02. The van der Waals surface area contributed by atoms with Crippen LogP contribution < -0.4 is 16.0 Å². The van der Waals surface area contributed by atoms with Gasteiger partial charge in [-0.25, -0.2) is 14.5 Å². The predicted molar refractivity (Wildman–Crippen MR) is 104 cm³/mol. The minimum atomic E-state index is -0.467. The number of hydrogen-bond donors (Lipinski definition) is 3. The fourth-order valence-electron chi connectivity index (χ4n) is 2.62. The standard InChI is InChI=1S/C18H30N6O4/c1-22(2)16-19-17(23(3)4)21-18(20-16)24(5)11-28-15(26)13-9-7-12(8-10-13)14(25)27-6/h7-10,16-21H,11H2,1-6H3. The van der Waals surface area contributed by atoms with E-state index >= 15 is 0 Å². The van der Waals surface area contributed by atoms with E-state index in [0.717, 1.165) is 0 Å². The number of carbonyl (C=O) groups excluding carboxylic acids is 2. The molecule has 1 saturated heterocycles. The summed E-state index contributed by atoms with van der Waals surface area (Å²) in [5, 5.41) is 10.2. The number of methoxy groups -OCH3 is 1. The first-order valence-electron chi connectivity index (χ1n) is 8.89. The molecule has 2 rings (SSSR count). The number of benzene rings is 1. The predicted octanol–water partition coefficient (Wildman–Crippen LogP) is -0.724. The van der Waals surface area contributed by atoms with Crippen molar-refractivity contribution < 1.29 is 19.1 Å². The Balaban J connectivity index is 1.93. The summed E-state index contributed by atoms with van der Waals surface area (Å²) in [6.07, 6.45) is -0.319. The number of esters is 2. The smallest absolute Gasteiger partial charge is 0.339 e. The molecule has 1 aromatic rings. The summed E-state index contributed by atoms with van der Waals surface area (Å²) in [5.74, 6) is -0.917. The Kier molecular flexibility index (Phi) is 7.87. The first kappa shape index (κ1) is 22.2. The molecule has 1 aliphatic rings. The summed E-state index contributed by atoms with van der Waals surface area (Å²) in [5.41, 5.74) is 0.744. The summed E-state index contributed by atoms with van der Waals surface area (Å²) < 4.78 is 10.1. The maximum atomic E-state index is 12.3. The van der Waals surface area contributed by atoms with E-state index in [0.29, 0.717) is 11.1 Å². The van der Waals surface area contributed by atoms with Crippen LogP contribution in [0.15, 0.2) is 24.3 Å². The molecule has 156 valence electrons. The Morgan fingerprint density at radius 2 is 1.25 bits per heavy atom. The normalized spacial score (nSPS) is 22.5. The number of nitrogens with one attached hydrogen (secondary N) is 3. The highest BCUT2D eigenvalue weighted by molar-refractivity contribution is 5.93. The fourth-order valence-corrected chi connectivity index (χ4v) is 2.62.